The summed E-state index contributed by atoms with van der Waals surface area (Å²) in [6, 6.07) is 2.99. The highest BCUT2D eigenvalue weighted by Crippen LogP contribution is 2.08. The van der Waals surface area contributed by atoms with E-state index in [1.54, 1.807) is 6.07 Å². The molecule has 1 aromatic heterocycles. The Bertz CT molecular complexity index is 290. The van der Waals surface area contributed by atoms with Gasteiger partial charge in [-0.2, -0.15) is 0 Å². The molecule has 0 aliphatic carbocycles. The molecular weight excluding hydrogens is 180 g/mol. The molecule has 0 radical (unpaired) electrons. The van der Waals surface area contributed by atoms with Gasteiger partial charge >= 0.3 is 5.97 Å². The van der Waals surface area contributed by atoms with E-state index in [0.29, 0.717) is 5.02 Å². The average molecular weight is 187 g/mol. The quantitative estimate of drug-likeness (QED) is 0.548. The third-order valence-corrected chi connectivity index (χ3v) is 1.38. The number of hydrogen-bond donors (Lipinski definition) is 1. The van der Waals surface area contributed by atoms with Gasteiger partial charge in [0.15, 0.2) is 0 Å². The molecule has 0 amide bonds. The molecule has 5 heteroatoms. The number of pyridine rings is 1. The third-order valence-electron chi connectivity index (χ3n) is 1.15. The molecule has 2 N–H and O–H groups in total. The average Bonchev–Trinajstić information content (AvgIpc) is 2.05. The molecule has 1 rings (SSSR count). The van der Waals surface area contributed by atoms with E-state index in [2.05, 4.69) is 9.72 Å². The van der Waals surface area contributed by atoms with Crippen LogP contribution in [0.4, 0.5) is 0 Å². The summed E-state index contributed by atoms with van der Waals surface area (Å²) in [6.07, 6.45) is 1.43. The van der Waals surface area contributed by atoms with Crippen molar-refractivity contribution >= 4 is 17.6 Å². The molecule has 0 saturated carbocycles. The number of halogens is 1. The molecule has 1 aromatic rings. The molecule has 0 aliphatic rings. The van der Waals surface area contributed by atoms with Gasteiger partial charge in [0.25, 0.3) is 0 Å². The molecule has 0 unspecified atom stereocenters. The van der Waals surface area contributed by atoms with Crippen LogP contribution in [0.1, 0.15) is 10.5 Å². The van der Waals surface area contributed by atoms with Gasteiger partial charge in [0, 0.05) is 11.2 Å². The predicted octanol–water partition coefficient (Wildman–Crippen LogP) is 0.808. The Balaban J connectivity index is 2.81. The smallest absolute Gasteiger partial charge is 0.358 e. The highest BCUT2D eigenvalue weighted by molar-refractivity contribution is 6.30. The van der Waals surface area contributed by atoms with Crippen LogP contribution < -0.4 is 5.73 Å². The Kier molecular flexibility index (Phi) is 3.01. The normalized spacial score (nSPS) is 9.50. The van der Waals surface area contributed by atoms with Crippen LogP contribution in [-0.2, 0) is 4.74 Å². The minimum absolute atomic E-state index is 0.160. The molecule has 0 aliphatic heterocycles. The zero-order chi connectivity index (χ0) is 8.97. The molecule has 0 atom stereocenters. The van der Waals surface area contributed by atoms with Crippen LogP contribution in [0.2, 0.25) is 5.02 Å². The summed E-state index contributed by atoms with van der Waals surface area (Å²) in [5, 5.41) is 0.439. The van der Waals surface area contributed by atoms with Crippen LogP contribution in [0.3, 0.4) is 0 Å². The summed E-state index contributed by atoms with van der Waals surface area (Å²) in [4.78, 5) is 14.7. The molecule has 0 saturated heterocycles. The highest BCUT2D eigenvalue weighted by Gasteiger charge is 2.07. The molecule has 64 valence electrons. The van der Waals surface area contributed by atoms with Crippen molar-refractivity contribution in [3.05, 3.63) is 29.0 Å². The first kappa shape index (κ1) is 8.96. The fourth-order valence-electron chi connectivity index (χ4n) is 0.666. The second-order valence-corrected chi connectivity index (χ2v) is 2.39. The fourth-order valence-corrected chi connectivity index (χ4v) is 0.826. The van der Waals surface area contributed by atoms with E-state index in [9.17, 15) is 4.79 Å². The Labute approximate surface area is 74.3 Å². The van der Waals surface area contributed by atoms with Crippen LogP contribution in [-0.4, -0.2) is 17.7 Å². The number of carbonyl (C=O) groups is 1. The summed E-state index contributed by atoms with van der Waals surface area (Å²) in [5.41, 5.74) is 5.16. The highest BCUT2D eigenvalue weighted by atomic mass is 35.5. The summed E-state index contributed by atoms with van der Waals surface area (Å²) in [6.45, 7) is -0.160. The maximum absolute atomic E-state index is 11.0. The second-order valence-electron chi connectivity index (χ2n) is 1.96. The van der Waals surface area contributed by atoms with Crippen molar-refractivity contribution in [3.8, 4) is 0 Å². The molecule has 0 bridgehead atoms. The van der Waals surface area contributed by atoms with Crippen molar-refractivity contribution in [2.75, 3.05) is 6.73 Å². The van der Waals surface area contributed by atoms with Crippen LogP contribution in [0, 0.1) is 0 Å². The summed E-state index contributed by atoms with van der Waals surface area (Å²) < 4.78 is 4.50. The zero-order valence-electron chi connectivity index (χ0n) is 6.16. The number of ether oxygens (including phenoxy) is 1. The maximum Gasteiger partial charge on any atom is 0.358 e. The summed E-state index contributed by atoms with van der Waals surface area (Å²) in [7, 11) is 0. The van der Waals surface area contributed by atoms with Gasteiger partial charge in [-0.3, -0.25) is 5.73 Å². The number of rotatable bonds is 2. The Hall–Kier alpha value is -1.13. The van der Waals surface area contributed by atoms with Gasteiger partial charge in [0.1, 0.15) is 12.4 Å². The maximum atomic E-state index is 11.0. The number of aromatic nitrogens is 1. The first-order valence-corrected chi connectivity index (χ1v) is 3.60. The van der Waals surface area contributed by atoms with Gasteiger partial charge < -0.3 is 4.74 Å². The SMILES string of the molecule is NCOC(=O)c1cc(Cl)ccn1. The van der Waals surface area contributed by atoms with Gasteiger partial charge in [-0.1, -0.05) is 11.6 Å². The van der Waals surface area contributed by atoms with Gasteiger partial charge in [-0.05, 0) is 12.1 Å². The Morgan fingerprint density at radius 3 is 3.08 bits per heavy atom. The monoisotopic (exact) mass is 186 g/mol. The largest absolute Gasteiger partial charge is 0.445 e. The first-order valence-electron chi connectivity index (χ1n) is 3.23. The Morgan fingerprint density at radius 1 is 1.75 bits per heavy atom. The van der Waals surface area contributed by atoms with Crippen molar-refractivity contribution in [1.82, 2.24) is 4.98 Å². The number of esters is 1. The number of nitrogens with two attached hydrogens (primary N) is 1. The molecule has 12 heavy (non-hydrogen) atoms. The summed E-state index contributed by atoms with van der Waals surface area (Å²) >= 11 is 5.61. The molecule has 0 spiro atoms. The minimum Gasteiger partial charge on any atom is -0.445 e. The predicted molar refractivity (Wildman–Crippen MR) is 43.7 cm³/mol. The summed E-state index contributed by atoms with van der Waals surface area (Å²) in [5.74, 6) is -0.569. The Morgan fingerprint density at radius 2 is 2.50 bits per heavy atom. The number of carbonyl (C=O) groups excluding carboxylic acids is 1. The van der Waals surface area contributed by atoms with E-state index in [1.807, 2.05) is 0 Å². The zero-order valence-corrected chi connectivity index (χ0v) is 6.91. The lowest BCUT2D eigenvalue weighted by atomic mass is 10.3. The van der Waals surface area contributed by atoms with Crippen LogP contribution in [0.15, 0.2) is 18.3 Å². The number of nitrogens with zero attached hydrogens (tertiary/aromatic N) is 1. The lowest BCUT2D eigenvalue weighted by molar-refractivity contribution is 0.0508. The van der Waals surface area contributed by atoms with E-state index in [0.717, 1.165) is 0 Å². The van der Waals surface area contributed by atoms with Crippen molar-refractivity contribution in [2.24, 2.45) is 5.73 Å². The first-order chi connectivity index (χ1) is 5.74. The van der Waals surface area contributed by atoms with E-state index in [-0.39, 0.29) is 12.4 Å². The third kappa shape index (κ3) is 2.18. The van der Waals surface area contributed by atoms with Gasteiger partial charge in [-0.25, -0.2) is 9.78 Å². The van der Waals surface area contributed by atoms with Gasteiger partial charge in [-0.15, -0.1) is 0 Å². The molecule has 0 fully saturated rings. The molecule has 1 heterocycles. The van der Waals surface area contributed by atoms with Crippen molar-refractivity contribution < 1.29 is 9.53 Å². The van der Waals surface area contributed by atoms with E-state index >= 15 is 0 Å². The van der Waals surface area contributed by atoms with Crippen LogP contribution in [0.25, 0.3) is 0 Å². The lowest BCUT2D eigenvalue weighted by Crippen LogP contribution is -2.13. The fraction of sp³-hybridized carbons (Fsp3) is 0.143. The topological polar surface area (TPSA) is 65.2 Å². The van der Waals surface area contributed by atoms with Gasteiger partial charge in [0.2, 0.25) is 0 Å². The lowest BCUT2D eigenvalue weighted by Gasteiger charge is -1.99. The molecule has 4 nitrogen and oxygen atoms in total. The molecular formula is C7H7ClN2O2. The van der Waals surface area contributed by atoms with Crippen molar-refractivity contribution in [1.29, 1.82) is 0 Å². The van der Waals surface area contributed by atoms with Crippen LogP contribution >= 0.6 is 11.6 Å². The minimum atomic E-state index is -0.569. The van der Waals surface area contributed by atoms with E-state index in [4.69, 9.17) is 17.3 Å². The van der Waals surface area contributed by atoms with Crippen molar-refractivity contribution in [3.63, 3.8) is 0 Å². The molecule has 0 aromatic carbocycles. The van der Waals surface area contributed by atoms with E-state index in [1.165, 1.54) is 12.3 Å². The van der Waals surface area contributed by atoms with Crippen molar-refractivity contribution in [2.45, 2.75) is 0 Å². The standard InChI is InChI=1S/C7H7ClN2O2/c8-5-1-2-10-6(3-5)7(11)12-4-9/h1-3H,4,9H2. The van der Waals surface area contributed by atoms with Gasteiger partial charge in [0.05, 0.1) is 0 Å². The van der Waals surface area contributed by atoms with Crippen LogP contribution in [0.5, 0.6) is 0 Å². The second kappa shape index (κ2) is 4.04. The number of hydrogen-bond acceptors (Lipinski definition) is 4. The van der Waals surface area contributed by atoms with E-state index < -0.39 is 5.97 Å².